The number of hydrogen-bond donors (Lipinski definition) is 0. The molecule has 0 saturated heterocycles. The van der Waals surface area contributed by atoms with Gasteiger partial charge in [-0.3, -0.25) is 0 Å². The van der Waals surface area contributed by atoms with Crippen molar-refractivity contribution < 1.29 is 9.47 Å². The Morgan fingerprint density at radius 1 is 0.909 bits per heavy atom. The molecule has 1 heterocycles. The Morgan fingerprint density at radius 2 is 1.73 bits per heavy atom. The third kappa shape index (κ3) is 3.34. The minimum Gasteiger partial charge on any atom is -0.494 e. The molecule has 2 aromatic carbocycles. The minimum absolute atomic E-state index is 0.578. The summed E-state index contributed by atoms with van der Waals surface area (Å²) in [7, 11) is 0. The van der Waals surface area contributed by atoms with Crippen LogP contribution < -0.4 is 9.47 Å². The second-order valence-electron chi connectivity index (χ2n) is 4.87. The van der Waals surface area contributed by atoms with Crippen molar-refractivity contribution in [3.05, 3.63) is 60.4 Å². The highest BCUT2D eigenvalue weighted by Gasteiger charge is 2.04. The van der Waals surface area contributed by atoms with E-state index < -0.39 is 0 Å². The third-order valence-electron chi connectivity index (χ3n) is 3.37. The lowest BCUT2D eigenvalue weighted by molar-refractivity contribution is 0.313. The third-order valence-corrected chi connectivity index (χ3v) is 3.37. The molecule has 0 aliphatic heterocycles. The number of ether oxygens (including phenoxy) is 2. The van der Waals surface area contributed by atoms with Crippen molar-refractivity contribution >= 4 is 10.9 Å². The Kier molecular flexibility index (Phi) is 4.49. The van der Waals surface area contributed by atoms with E-state index >= 15 is 0 Å². The van der Waals surface area contributed by atoms with Gasteiger partial charge in [0.1, 0.15) is 12.1 Å². The van der Waals surface area contributed by atoms with Crippen LogP contribution in [0, 0.1) is 0 Å². The van der Waals surface area contributed by atoms with Gasteiger partial charge in [-0.05, 0) is 36.8 Å². The lowest BCUT2D eigenvalue weighted by Crippen LogP contribution is -2.03. The van der Waals surface area contributed by atoms with E-state index in [4.69, 9.17) is 9.47 Å². The van der Waals surface area contributed by atoms with Gasteiger partial charge in [-0.15, -0.1) is 0 Å². The predicted molar refractivity (Wildman–Crippen MR) is 86.3 cm³/mol. The molecule has 3 rings (SSSR count). The van der Waals surface area contributed by atoms with Gasteiger partial charge < -0.3 is 9.47 Å². The molecule has 3 aromatic rings. The van der Waals surface area contributed by atoms with Crippen LogP contribution in [-0.4, -0.2) is 23.2 Å². The zero-order valence-electron chi connectivity index (χ0n) is 12.5. The lowest BCUT2D eigenvalue weighted by Gasteiger charge is -2.08. The maximum absolute atomic E-state index is 5.82. The number of nitrogens with zero attached hydrogens (tertiary/aromatic N) is 2. The quantitative estimate of drug-likeness (QED) is 0.696. The molecule has 0 unspecified atom stereocenters. The topological polar surface area (TPSA) is 44.2 Å². The van der Waals surface area contributed by atoms with Gasteiger partial charge in [0.05, 0.1) is 24.1 Å². The smallest absolute Gasteiger partial charge is 0.224 e. The molecule has 0 aliphatic carbocycles. The van der Waals surface area contributed by atoms with Crippen LogP contribution in [0.25, 0.3) is 10.9 Å². The molecule has 0 fully saturated rings. The van der Waals surface area contributed by atoms with E-state index in [1.54, 1.807) is 0 Å². The van der Waals surface area contributed by atoms with Gasteiger partial charge in [-0.2, -0.15) is 0 Å². The first-order valence-electron chi connectivity index (χ1n) is 7.41. The van der Waals surface area contributed by atoms with E-state index in [2.05, 4.69) is 22.1 Å². The highest BCUT2D eigenvalue weighted by atomic mass is 16.5. The average molecular weight is 294 g/mol. The van der Waals surface area contributed by atoms with Crippen molar-refractivity contribution in [1.82, 2.24) is 9.97 Å². The summed E-state index contributed by atoms with van der Waals surface area (Å²) in [6.45, 7) is 3.24. The van der Waals surface area contributed by atoms with E-state index in [0.29, 0.717) is 19.1 Å². The fourth-order valence-corrected chi connectivity index (χ4v) is 2.28. The summed E-state index contributed by atoms with van der Waals surface area (Å²) >= 11 is 0. The Bertz CT molecular complexity index is 736. The summed E-state index contributed by atoms with van der Waals surface area (Å²) < 4.78 is 11.3. The van der Waals surface area contributed by atoms with E-state index in [-0.39, 0.29) is 0 Å². The summed E-state index contributed by atoms with van der Waals surface area (Å²) in [6, 6.07) is 15.9. The molecule has 112 valence electrons. The number of rotatable bonds is 6. The molecule has 0 bridgehead atoms. The molecule has 4 nitrogen and oxygen atoms in total. The van der Waals surface area contributed by atoms with Gasteiger partial charge in [0.25, 0.3) is 0 Å². The molecule has 0 spiro atoms. The van der Waals surface area contributed by atoms with Crippen molar-refractivity contribution in [3.8, 4) is 11.6 Å². The van der Waals surface area contributed by atoms with Gasteiger partial charge in [-0.1, -0.05) is 24.3 Å². The molecule has 0 saturated carbocycles. The van der Waals surface area contributed by atoms with Gasteiger partial charge >= 0.3 is 0 Å². The molecule has 4 heteroatoms. The minimum atomic E-state index is 0.578. The normalized spacial score (nSPS) is 10.6. The summed E-state index contributed by atoms with van der Waals surface area (Å²) in [5.41, 5.74) is 2.11. The number of hydrogen-bond acceptors (Lipinski definition) is 4. The van der Waals surface area contributed by atoms with Crippen molar-refractivity contribution in [1.29, 1.82) is 0 Å². The first-order chi connectivity index (χ1) is 10.9. The maximum atomic E-state index is 5.82. The average Bonchev–Trinajstić information content (AvgIpc) is 2.57. The van der Waals surface area contributed by atoms with E-state index in [9.17, 15) is 0 Å². The standard InChI is InChI=1S/C18H18N2O2/c1-2-21-15-9-7-14(8-10-15)11-12-22-18-16-5-3-4-6-17(16)19-13-20-18/h3-10,13H,2,11-12H2,1H3. The van der Waals surface area contributed by atoms with Crippen LogP contribution in [-0.2, 0) is 6.42 Å². The Morgan fingerprint density at radius 3 is 2.55 bits per heavy atom. The highest BCUT2D eigenvalue weighted by molar-refractivity contribution is 5.82. The fourth-order valence-electron chi connectivity index (χ4n) is 2.28. The summed E-state index contributed by atoms with van der Waals surface area (Å²) in [4.78, 5) is 8.45. The molecule has 22 heavy (non-hydrogen) atoms. The second-order valence-corrected chi connectivity index (χ2v) is 4.87. The highest BCUT2D eigenvalue weighted by Crippen LogP contribution is 2.20. The lowest BCUT2D eigenvalue weighted by atomic mass is 10.1. The first-order valence-corrected chi connectivity index (χ1v) is 7.41. The molecule has 1 aromatic heterocycles. The first kappa shape index (κ1) is 14.3. The van der Waals surface area contributed by atoms with Gasteiger partial charge in [0, 0.05) is 6.42 Å². The Hall–Kier alpha value is -2.62. The molecule has 0 amide bonds. The zero-order chi connectivity index (χ0) is 15.2. The number of para-hydroxylation sites is 1. The molecule has 0 aliphatic rings. The maximum Gasteiger partial charge on any atom is 0.224 e. The zero-order valence-corrected chi connectivity index (χ0v) is 12.5. The molecule has 0 atom stereocenters. The number of aromatic nitrogens is 2. The van der Waals surface area contributed by atoms with Crippen LogP contribution in [0.2, 0.25) is 0 Å². The predicted octanol–water partition coefficient (Wildman–Crippen LogP) is 3.65. The molecular formula is C18H18N2O2. The number of benzene rings is 2. The van der Waals surface area contributed by atoms with Crippen LogP contribution in [0.1, 0.15) is 12.5 Å². The fraction of sp³-hybridized carbons (Fsp3) is 0.222. The van der Waals surface area contributed by atoms with E-state index in [0.717, 1.165) is 23.1 Å². The van der Waals surface area contributed by atoms with Crippen molar-refractivity contribution in [2.45, 2.75) is 13.3 Å². The van der Waals surface area contributed by atoms with Crippen molar-refractivity contribution in [2.75, 3.05) is 13.2 Å². The van der Waals surface area contributed by atoms with Crippen molar-refractivity contribution in [3.63, 3.8) is 0 Å². The van der Waals surface area contributed by atoms with Crippen molar-refractivity contribution in [2.24, 2.45) is 0 Å². The van der Waals surface area contributed by atoms with Crippen LogP contribution in [0.5, 0.6) is 11.6 Å². The monoisotopic (exact) mass is 294 g/mol. The summed E-state index contributed by atoms with van der Waals surface area (Å²) in [6.07, 6.45) is 2.36. The second kappa shape index (κ2) is 6.89. The summed E-state index contributed by atoms with van der Waals surface area (Å²) in [5.74, 6) is 1.53. The van der Waals surface area contributed by atoms with Gasteiger partial charge in [0.15, 0.2) is 0 Å². The van der Waals surface area contributed by atoms with Crippen LogP contribution in [0.3, 0.4) is 0 Å². The Labute approximate surface area is 129 Å². The molecular weight excluding hydrogens is 276 g/mol. The number of fused-ring (bicyclic) bond motifs is 1. The Balaban J connectivity index is 1.62. The van der Waals surface area contributed by atoms with E-state index in [1.807, 2.05) is 43.3 Å². The SMILES string of the molecule is CCOc1ccc(CCOc2ncnc3ccccc23)cc1. The molecule has 0 N–H and O–H groups in total. The van der Waals surface area contributed by atoms with Crippen LogP contribution >= 0.6 is 0 Å². The molecule has 0 radical (unpaired) electrons. The van der Waals surface area contributed by atoms with Crippen LogP contribution in [0.15, 0.2) is 54.9 Å². The van der Waals surface area contributed by atoms with Gasteiger partial charge in [0.2, 0.25) is 5.88 Å². The van der Waals surface area contributed by atoms with Gasteiger partial charge in [-0.25, -0.2) is 9.97 Å². The summed E-state index contributed by atoms with van der Waals surface area (Å²) in [5, 5.41) is 0.941. The van der Waals surface area contributed by atoms with E-state index in [1.165, 1.54) is 11.9 Å². The van der Waals surface area contributed by atoms with Crippen LogP contribution in [0.4, 0.5) is 0 Å². The largest absolute Gasteiger partial charge is 0.494 e.